The van der Waals surface area contributed by atoms with Gasteiger partial charge in [-0.3, -0.25) is 0 Å². The van der Waals surface area contributed by atoms with Crippen molar-refractivity contribution in [3.63, 3.8) is 0 Å². The second-order valence-electron chi connectivity index (χ2n) is 2.43. The van der Waals surface area contributed by atoms with Gasteiger partial charge in [-0.05, 0) is 25.5 Å². The molecule has 1 rings (SSSR count). The molecule has 0 spiro atoms. The third-order valence-corrected chi connectivity index (χ3v) is 1.50. The molecule has 0 radical (unpaired) electrons. The highest BCUT2D eigenvalue weighted by Crippen LogP contribution is 2.08. The summed E-state index contributed by atoms with van der Waals surface area (Å²) in [6.45, 7) is 9.97. The summed E-state index contributed by atoms with van der Waals surface area (Å²) >= 11 is 0. The summed E-state index contributed by atoms with van der Waals surface area (Å²) in [5.41, 5.74) is 3.03. The smallest absolute Gasteiger partial charge is 0.0994 e. The lowest BCUT2D eigenvalue weighted by molar-refractivity contribution is 1.34. The number of aryl methyl sites for hydroxylation is 2. The molecule has 62 valence electrons. The molecule has 1 aromatic carbocycles. The van der Waals surface area contributed by atoms with Gasteiger partial charge in [-0.2, -0.15) is 5.26 Å². The van der Waals surface area contributed by atoms with Crippen LogP contribution in [-0.4, -0.2) is 0 Å². The minimum atomic E-state index is 0.769. The number of nitriles is 1. The van der Waals surface area contributed by atoms with Gasteiger partial charge >= 0.3 is 0 Å². The third-order valence-electron chi connectivity index (χ3n) is 1.50. The first-order valence-corrected chi connectivity index (χ1v) is 3.71. The first-order chi connectivity index (χ1) is 5.74. The molecule has 12 heavy (non-hydrogen) atoms. The van der Waals surface area contributed by atoms with E-state index in [-0.39, 0.29) is 0 Å². The monoisotopic (exact) mass is 159 g/mol. The van der Waals surface area contributed by atoms with E-state index in [1.165, 1.54) is 5.56 Å². The van der Waals surface area contributed by atoms with Gasteiger partial charge in [0.05, 0.1) is 11.6 Å². The Morgan fingerprint density at radius 1 is 1.25 bits per heavy atom. The van der Waals surface area contributed by atoms with Crippen LogP contribution in [0.3, 0.4) is 0 Å². The van der Waals surface area contributed by atoms with Gasteiger partial charge in [-0.1, -0.05) is 17.7 Å². The van der Waals surface area contributed by atoms with E-state index < -0.39 is 0 Å². The van der Waals surface area contributed by atoms with Gasteiger partial charge < -0.3 is 0 Å². The molecule has 0 fully saturated rings. The van der Waals surface area contributed by atoms with E-state index in [0.717, 1.165) is 11.1 Å². The van der Waals surface area contributed by atoms with Crippen molar-refractivity contribution in [2.75, 3.05) is 0 Å². The minimum Gasteiger partial charge on any atom is -0.192 e. The maximum Gasteiger partial charge on any atom is 0.0994 e. The number of nitrogens with zero attached hydrogens (tertiary/aromatic N) is 1. The van der Waals surface area contributed by atoms with E-state index in [0.29, 0.717) is 0 Å². The van der Waals surface area contributed by atoms with Crippen LogP contribution in [0.4, 0.5) is 0 Å². The molecular weight excluding hydrogens is 146 g/mol. The predicted molar refractivity (Wildman–Crippen MR) is 51.9 cm³/mol. The molecule has 0 aliphatic rings. The number of hydrogen-bond acceptors (Lipinski definition) is 1. The molecule has 1 nitrogen and oxygen atoms in total. The van der Waals surface area contributed by atoms with Crippen LogP contribution in [0.2, 0.25) is 0 Å². The highest BCUT2D eigenvalue weighted by Gasteiger charge is 1.93. The summed E-state index contributed by atoms with van der Waals surface area (Å²) in [4.78, 5) is 0. The fraction of sp³-hybridized carbons (Fsp3) is 0.182. The summed E-state index contributed by atoms with van der Waals surface area (Å²) in [6.07, 6.45) is 0. The van der Waals surface area contributed by atoms with Crippen LogP contribution >= 0.6 is 0 Å². The zero-order valence-corrected chi connectivity index (χ0v) is 7.59. The quantitative estimate of drug-likeness (QED) is 0.534. The molecular formula is C11H13N. The highest BCUT2D eigenvalue weighted by molar-refractivity contribution is 5.38. The molecule has 0 heterocycles. The topological polar surface area (TPSA) is 23.8 Å². The summed E-state index contributed by atoms with van der Waals surface area (Å²) in [6, 6.07) is 7.94. The number of benzene rings is 1. The fourth-order valence-corrected chi connectivity index (χ4v) is 0.939. The molecule has 0 bridgehead atoms. The Morgan fingerprint density at radius 2 is 1.83 bits per heavy atom. The molecule has 0 saturated heterocycles. The normalized spacial score (nSPS) is 7.75. The summed E-state index contributed by atoms with van der Waals surface area (Å²) in [7, 11) is 0. The Hall–Kier alpha value is -1.55. The van der Waals surface area contributed by atoms with Crippen molar-refractivity contribution < 1.29 is 0 Å². The molecule has 0 amide bonds. The van der Waals surface area contributed by atoms with Crippen LogP contribution in [0.15, 0.2) is 31.4 Å². The highest BCUT2D eigenvalue weighted by atomic mass is 14.2. The van der Waals surface area contributed by atoms with Gasteiger partial charge in [0.15, 0.2) is 0 Å². The van der Waals surface area contributed by atoms with Crippen molar-refractivity contribution in [3.8, 4) is 6.07 Å². The van der Waals surface area contributed by atoms with Gasteiger partial charge in [-0.15, -0.1) is 13.2 Å². The molecule has 0 atom stereocenters. The van der Waals surface area contributed by atoms with Crippen LogP contribution in [0, 0.1) is 25.2 Å². The first kappa shape index (κ1) is 10.4. The van der Waals surface area contributed by atoms with Gasteiger partial charge in [-0.25, -0.2) is 0 Å². The summed E-state index contributed by atoms with van der Waals surface area (Å²) in [5.74, 6) is 0. The average molecular weight is 159 g/mol. The van der Waals surface area contributed by atoms with Gasteiger partial charge in [0.25, 0.3) is 0 Å². The Kier molecular flexibility index (Phi) is 4.48. The minimum absolute atomic E-state index is 0.769. The number of hydrogen-bond donors (Lipinski definition) is 0. The van der Waals surface area contributed by atoms with Crippen molar-refractivity contribution in [2.45, 2.75) is 13.8 Å². The van der Waals surface area contributed by atoms with Crippen molar-refractivity contribution in [3.05, 3.63) is 48.0 Å². The van der Waals surface area contributed by atoms with E-state index in [2.05, 4.69) is 19.2 Å². The number of rotatable bonds is 0. The van der Waals surface area contributed by atoms with Crippen LogP contribution in [0.5, 0.6) is 0 Å². The Balaban J connectivity index is 0.000000561. The summed E-state index contributed by atoms with van der Waals surface area (Å²) < 4.78 is 0. The van der Waals surface area contributed by atoms with Crippen LogP contribution in [0.25, 0.3) is 0 Å². The van der Waals surface area contributed by atoms with E-state index in [9.17, 15) is 0 Å². The lowest BCUT2D eigenvalue weighted by Gasteiger charge is -1.96. The molecule has 1 aromatic rings. The molecule has 0 saturated carbocycles. The maximum absolute atomic E-state index is 8.56. The van der Waals surface area contributed by atoms with Crippen LogP contribution in [0.1, 0.15) is 16.7 Å². The molecule has 0 aliphatic carbocycles. The second-order valence-corrected chi connectivity index (χ2v) is 2.43. The van der Waals surface area contributed by atoms with E-state index in [4.69, 9.17) is 5.26 Å². The standard InChI is InChI=1S/C9H9N.C2H4/c1-7-3-4-9(6-10)8(2)5-7;1-2/h3-5H,1-2H3;1-2H2. The molecule has 0 aliphatic heterocycles. The van der Waals surface area contributed by atoms with Gasteiger partial charge in [0.2, 0.25) is 0 Å². The van der Waals surface area contributed by atoms with Crippen molar-refractivity contribution in [1.82, 2.24) is 0 Å². The van der Waals surface area contributed by atoms with Crippen molar-refractivity contribution in [2.24, 2.45) is 0 Å². The predicted octanol–water partition coefficient (Wildman–Crippen LogP) is 2.98. The molecule has 0 aromatic heterocycles. The Bertz CT molecular complexity index is 294. The van der Waals surface area contributed by atoms with Crippen LogP contribution in [-0.2, 0) is 0 Å². The molecule has 0 unspecified atom stereocenters. The largest absolute Gasteiger partial charge is 0.192 e. The molecule has 0 N–H and O–H groups in total. The van der Waals surface area contributed by atoms with E-state index in [1.807, 2.05) is 32.0 Å². The van der Waals surface area contributed by atoms with Crippen molar-refractivity contribution >= 4 is 0 Å². The average Bonchev–Trinajstić information content (AvgIpc) is 2.08. The van der Waals surface area contributed by atoms with E-state index in [1.54, 1.807) is 0 Å². The first-order valence-electron chi connectivity index (χ1n) is 3.71. The lowest BCUT2D eigenvalue weighted by atomic mass is 10.1. The van der Waals surface area contributed by atoms with Crippen LogP contribution < -0.4 is 0 Å². The van der Waals surface area contributed by atoms with Gasteiger partial charge in [0, 0.05) is 0 Å². The van der Waals surface area contributed by atoms with Gasteiger partial charge in [0.1, 0.15) is 0 Å². The fourth-order valence-electron chi connectivity index (χ4n) is 0.939. The zero-order valence-electron chi connectivity index (χ0n) is 7.59. The Labute approximate surface area is 74.0 Å². The van der Waals surface area contributed by atoms with Crippen molar-refractivity contribution in [1.29, 1.82) is 5.26 Å². The molecule has 1 heteroatoms. The third kappa shape index (κ3) is 2.59. The van der Waals surface area contributed by atoms with E-state index >= 15 is 0 Å². The maximum atomic E-state index is 8.56. The lowest BCUT2D eigenvalue weighted by Crippen LogP contribution is -1.81. The second kappa shape index (κ2) is 5.15. The Morgan fingerprint density at radius 3 is 2.25 bits per heavy atom. The SMILES string of the molecule is C=C.Cc1ccc(C#N)c(C)c1. The summed E-state index contributed by atoms with van der Waals surface area (Å²) in [5, 5.41) is 8.56. The zero-order chi connectivity index (χ0) is 9.56.